The Hall–Kier alpha value is -2.71. The lowest BCUT2D eigenvalue weighted by molar-refractivity contribution is -0.130. The number of aryl methyl sites for hydroxylation is 1. The summed E-state index contributed by atoms with van der Waals surface area (Å²) in [4.78, 5) is 33.7. The van der Waals surface area contributed by atoms with Gasteiger partial charge in [-0.2, -0.15) is 0 Å². The third-order valence-electron chi connectivity index (χ3n) is 5.70. The third kappa shape index (κ3) is 6.21. The molecular formula is C25H26FN3O2S2. The van der Waals surface area contributed by atoms with Crippen LogP contribution in [0.3, 0.4) is 0 Å². The van der Waals surface area contributed by atoms with Crippen molar-refractivity contribution in [2.75, 3.05) is 36.8 Å². The van der Waals surface area contributed by atoms with Gasteiger partial charge < -0.3 is 9.80 Å². The summed E-state index contributed by atoms with van der Waals surface area (Å²) in [5.74, 6) is 0.220. The molecule has 1 fully saturated rings. The maximum Gasteiger partial charge on any atom is 0.228 e. The van der Waals surface area contributed by atoms with Crippen molar-refractivity contribution in [3.05, 3.63) is 76.5 Å². The highest BCUT2D eigenvalue weighted by molar-refractivity contribution is 8.01. The molecule has 0 spiro atoms. The number of aromatic nitrogens is 1. The number of ketones is 1. The van der Waals surface area contributed by atoms with Crippen LogP contribution in [0.4, 0.5) is 10.1 Å². The molecule has 0 N–H and O–H groups in total. The molecule has 0 aliphatic carbocycles. The van der Waals surface area contributed by atoms with Gasteiger partial charge in [-0.1, -0.05) is 43.0 Å². The van der Waals surface area contributed by atoms with Crippen molar-refractivity contribution in [3.8, 4) is 0 Å². The Morgan fingerprint density at radius 3 is 2.39 bits per heavy atom. The van der Waals surface area contributed by atoms with Crippen LogP contribution in [0.2, 0.25) is 0 Å². The molecule has 0 atom stereocenters. The topological polar surface area (TPSA) is 53.5 Å². The van der Waals surface area contributed by atoms with Crippen LogP contribution in [-0.4, -0.2) is 53.5 Å². The number of hydrogen-bond acceptors (Lipinski definition) is 6. The fourth-order valence-corrected chi connectivity index (χ4v) is 5.44. The number of benzene rings is 2. The van der Waals surface area contributed by atoms with Gasteiger partial charge in [-0.25, -0.2) is 9.37 Å². The highest BCUT2D eigenvalue weighted by Crippen LogP contribution is 2.24. The number of thiazole rings is 1. The first-order chi connectivity index (χ1) is 16.0. The summed E-state index contributed by atoms with van der Waals surface area (Å²) in [6.45, 7) is 4.79. The van der Waals surface area contributed by atoms with Crippen LogP contribution in [0, 0.1) is 5.82 Å². The van der Waals surface area contributed by atoms with Crippen molar-refractivity contribution < 1.29 is 14.0 Å². The van der Waals surface area contributed by atoms with Gasteiger partial charge in [0.25, 0.3) is 0 Å². The van der Waals surface area contributed by atoms with Gasteiger partial charge >= 0.3 is 0 Å². The SMILES string of the molecule is CCc1ccc(C(=O)CSc2nc(CC(=O)N3CCN(c4ccc(F)cc4)CC3)cs2)cc1. The second kappa shape index (κ2) is 10.9. The van der Waals surface area contributed by atoms with E-state index in [1.807, 2.05) is 34.5 Å². The summed E-state index contributed by atoms with van der Waals surface area (Å²) >= 11 is 2.89. The number of nitrogens with zero attached hydrogens (tertiary/aromatic N) is 3. The highest BCUT2D eigenvalue weighted by atomic mass is 32.2. The van der Waals surface area contributed by atoms with Crippen LogP contribution in [0.15, 0.2) is 58.3 Å². The van der Waals surface area contributed by atoms with Crippen LogP contribution in [0.5, 0.6) is 0 Å². The summed E-state index contributed by atoms with van der Waals surface area (Å²) in [6, 6.07) is 14.2. The van der Waals surface area contributed by atoms with Crippen LogP contribution >= 0.6 is 23.1 Å². The van der Waals surface area contributed by atoms with E-state index in [0.717, 1.165) is 35.2 Å². The normalized spacial score (nSPS) is 13.9. The maximum atomic E-state index is 13.1. The minimum Gasteiger partial charge on any atom is -0.368 e. The lowest BCUT2D eigenvalue weighted by atomic mass is 10.1. The van der Waals surface area contributed by atoms with Gasteiger partial charge in [0.05, 0.1) is 17.9 Å². The number of piperazine rings is 1. The quantitative estimate of drug-likeness (QED) is 0.343. The van der Waals surface area contributed by atoms with E-state index in [4.69, 9.17) is 0 Å². The Morgan fingerprint density at radius 2 is 1.73 bits per heavy atom. The fraction of sp³-hybridized carbons (Fsp3) is 0.320. The van der Waals surface area contributed by atoms with Crippen LogP contribution in [0.1, 0.15) is 28.5 Å². The first kappa shape index (κ1) is 23.4. The monoisotopic (exact) mass is 483 g/mol. The molecule has 5 nitrogen and oxygen atoms in total. The van der Waals surface area contributed by atoms with Gasteiger partial charge in [-0.05, 0) is 36.2 Å². The first-order valence-corrected chi connectivity index (χ1v) is 12.9. The van der Waals surface area contributed by atoms with Crippen LogP contribution in [0.25, 0.3) is 0 Å². The summed E-state index contributed by atoms with van der Waals surface area (Å²) in [5, 5.41) is 1.90. The van der Waals surface area contributed by atoms with Gasteiger partial charge in [-0.15, -0.1) is 11.3 Å². The summed E-state index contributed by atoms with van der Waals surface area (Å²) in [5.41, 5.74) is 3.64. The number of amides is 1. The van der Waals surface area contributed by atoms with E-state index in [0.29, 0.717) is 24.4 Å². The van der Waals surface area contributed by atoms with Crippen molar-refractivity contribution in [1.82, 2.24) is 9.88 Å². The molecule has 2 heterocycles. The summed E-state index contributed by atoms with van der Waals surface area (Å²) in [7, 11) is 0. The minimum absolute atomic E-state index is 0.0581. The molecule has 4 rings (SSSR count). The Balaban J connectivity index is 1.24. The van der Waals surface area contributed by atoms with Crippen LogP contribution < -0.4 is 4.90 Å². The predicted octanol–water partition coefficient (Wildman–Crippen LogP) is 4.71. The molecule has 172 valence electrons. The molecule has 0 bridgehead atoms. The molecule has 1 aliphatic rings. The molecule has 8 heteroatoms. The number of rotatable bonds is 8. The zero-order valence-corrected chi connectivity index (χ0v) is 20.1. The molecule has 0 saturated carbocycles. The first-order valence-electron chi connectivity index (χ1n) is 11.0. The molecule has 1 aromatic heterocycles. The van der Waals surface area contributed by atoms with Gasteiger partial charge in [0.15, 0.2) is 10.1 Å². The van der Waals surface area contributed by atoms with E-state index >= 15 is 0 Å². The van der Waals surface area contributed by atoms with Gasteiger partial charge in [-0.3, -0.25) is 9.59 Å². The molecule has 0 radical (unpaired) electrons. The number of hydrogen-bond donors (Lipinski definition) is 0. The van der Waals surface area contributed by atoms with E-state index in [-0.39, 0.29) is 23.9 Å². The molecule has 2 aromatic carbocycles. The standard InChI is InChI=1S/C25H26FN3O2S2/c1-2-18-3-5-19(6-4-18)23(30)17-33-25-27-21(16-32-25)15-24(31)29-13-11-28(12-14-29)22-9-7-20(26)8-10-22/h3-10,16H,2,11-15,17H2,1H3. The zero-order valence-electron chi connectivity index (χ0n) is 18.5. The lowest BCUT2D eigenvalue weighted by Crippen LogP contribution is -2.49. The van der Waals surface area contributed by atoms with E-state index in [9.17, 15) is 14.0 Å². The van der Waals surface area contributed by atoms with Crippen LogP contribution in [-0.2, 0) is 17.6 Å². The molecule has 0 unspecified atom stereocenters. The molecule has 1 saturated heterocycles. The second-order valence-corrected chi connectivity index (χ2v) is 9.97. The second-order valence-electron chi connectivity index (χ2n) is 7.89. The number of halogens is 1. The Labute approximate surface area is 201 Å². The average Bonchev–Trinajstić information content (AvgIpc) is 3.30. The zero-order chi connectivity index (χ0) is 23.2. The van der Waals surface area contributed by atoms with E-state index in [1.165, 1.54) is 40.8 Å². The lowest BCUT2D eigenvalue weighted by Gasteiger charge is -2.36. The Kier molecular flexibility index (Phi) is 7.77. The third-order valence-corrected chi connectivity index (χ3v) is 7.77. The minimum atomic E-state index is -0.247. The van der Waals surface area contributed by atoms with Crippen molar-refractivity contribution in [2.24, 2.45) is 0 Å². The molecule has 1 amide bonds. The predicted molar refractivity (Wildman–Crippen MR) is 132 cm³/mol. The highest BCUT2D eigenvalue weighted by Gasteiger charge is 2.22. The average molecular weight is 484 g/mol. The Morgan fingerprint density at radius 1 is 1.03 bits per heavy atom. The molecular weight excluding hydrogens is 457 g/mol. The van der Waals surface area contributed by atoms with E-state index in [2.05, 4.69) is 16.8 Å². The van der Waals surface area contributed by atoms with Crippen molar-refractivity contribution in [1.29, 1.82) is 0 Å². The summed E-state index contributed by atoms with van der Waals surface area (Å²) in [6.07, 6.45) is 1.22. The molecule has 1 aliphatic heterocycles. The van der Waals surface area contributed by atoms with Crippen molar-refractivity contribution >= 4 is 40.5 Å². The number of thioether (sulfide) groups is 1. The van der Waals surface area contributed by atoms with Gasteiger partial charge in [0.1, 0.15) is 5.82 Å². The van der Waals surface area contributed by atoms with Gasteiger partial charge in [0, 0.05) is 42.8 Å². The molecule has 3 aromatic rings. The van der Waals surface area contributed by atoms with E-state index < -0.39 is 0 Å². The smallest absolute Gasteiger partial charge is 0.228 e. The Bertz CT molecular complexity index is 1090. The number of carbonyl (C=O) groups excluding carboxylic acids is 2. The number of anilines is 1. The molecule has 33 heavy (non-hydrogen) atoms. The van der Waals surface area contributed by atoms with Crippen molar-refractivity contribution in [2.45, 2.75) is 24.1 Å². The summed E-state index contributed by atoms with van der Waals surface area (Å²) < 4.78 is 13.9. The fourth-order valence-electron chi connectivity index (χ4n) is 3.71. The number of carbonyl (C=O) groups is 2. The van der Waals surface area contributed by atoms with Crippen molar-refractivity contribution in [3.63, 3.8) is 0 Å². The maximum absolute atomic E-state index is 13.1. The number of Topliss-reactive ketones (excluding diaryl/α,β-unsaturated/α-hetero) is 1. The van der Waals surface area contributed by atoms with Gasteiger partial charge in [0.2, 0.25) is 5.91 Å². The largest absolute Gasteiger partial charge is 0.368 e. The van der Waals surface area contributed by atoms with E-state index in [1.54, 1.807) is 12.1 Å².